The number of nitrogens with one attached hydrogen (secondary N) is 2. The number of rotatable bonds is 5. The van der Waals surface area contributed by atoms with E-state index < -0.39 is 5.82 Å². The van der Waals surface area contributed by atoms with Gasteiger partial charge >= 0.3 is 0 Å². The molecule has 0 fully saturated rings. The topological polar surface area (TPSA) is 73.3 Å². The predicted octanol–water partition coefficient (Wildman–Crippen LogP) is 5.08. The molecule has 0 saturated carbocycles. The number of hydrogen-bond acceptors (Lipinski definition) is 4. The number of aryl methyl sites for hydroxylation is 1. The van der Waals surface area contributed by atoms with E-state index in [1.165, 1.54) is 6.07 Å². The Morgan fingerprint density at radius 3 is 2.89 bits per heavy atom. The SMILES string of the molecule is Cc1cccc2[nH]c(O)c(C=Nc3ccc(NCc4cccnc4)c(F)c3)c12. The van der Waals surface area contributed by atoms with E-state index in [-0.39, 0.29) is 5.88 Å². The van der Waals surface area contributed by atoms with Crippen LogP contribution in [0.2, 0.25) is 0 Å². The van der Waals surface area contributed by atoms with Crippen LogP contribution >= 0.6 is 0 Å². The first-order valence-corrected chi connectivity index (χ1v) is 8.88. The summed E-state index contributed by atoms with van der Waals surface area (Å²) in [5.74, 6) is -0.346. The molecule has 0 bridgehead atoms. The number of nitrogens with zero attached hydrogens (tertiary/aromatic N) is 2. The summed E-state index contributed by atoms with van der Waals surface area (Å²) >= 11 is 0. The van der Waals surface area contributed by atoms with Gasteiger partial charge in [-0.15, -0.1) is 0 Å². The first kappa shape index (κ1) is 17.7. The second-order valence-corrected chi connectivity index (χ2v) is 6.52. The molecule has 2 aromatic carbocycles. The number of aromatic nitrogens is 2. The molecule has 4 rings (SSSR count). The maximum Gasteiger partial charge on any atom is 0.198 e. The summed E-state index contributed by atoms with van der Waals surface area (Å²) in [7, 11) is 0. The second kappa shape index (κ2) is 7.52. The normalized spacial score (nSPS) is 11.4. The number of aliphatic imine (C=N–C) groups is 1. The Kier molecular flexibility index (Phi) is 4.76. The highest BCUT2D eigenvalue weighted by Crippen LogP contribution is 2.29. The molecule has 0 aliphatic rings. The molecule has 4 aromatic rings. The van der Waals surface area contributed by atoms with E-state index in [9.17, 15) is 9.50 Å². The fourth-order valence-electron chi connectivity index (χ4n) is 3.14. The van der Waals surface area contributed by atoms with Gasteiger partial charge in [-0.1, -0.05) is 18.2 Å². The van der Waals surface area contributed by atoms with Crippen molar-refractivity contribution in [2.45, 2.75) is 13.5 Å². The minimum Gasteiger partial charge on any atom is -0.494 e. The Balaban J connectivity index is 1.55. The van der Waals surface area contributed by atoms with Gasteiger partial charge < -0.3 is 15.4 Å². The summed E-state index contributed by atoms with van der Waals surface area (Å²) in [5, 5.41) is 14.1. The lowest BCUT2D eigenvalue weighted by molar-refractivity contribution is 0.457. The zero-order valence-electron chi connectivity index (χ0n) is 15.3. The molecule has 0 radical (unpaired) electrons. The molecule has 140 valence electrons. The Hall–Kier alpha value is -3.67. The maximum absolute atomic E-state index is 14.4. The molecule has 2 aromatic heterocycles. The van der Waals surface area contributed by atoms with Gasteiger partial charge in [0.15, 0.2) is 5.88 Å². The monoisotopic (exact) mass is 374 g/mol. The molecule has 0 spiro atoms. The third kappa shape index (κ3) is 3.57. The number of pyridine rings is 1. The first-order chi connectivity index (χ1) is 13.6. The van der Waals surface area contributed by atoms with E-state index in [4.69, 9.17) is 0 Å². The average molecular weight is 374 g/mol. The number of anilines is 1. The van der Waals surface area contributed by atoms with Crippen LogP contribution in [0.25, 0.3) is 10.9 Å². The highest BCUT2D eigenvalue weighted by molar-refractivity contribution is 6.04. The van der Waals surface area contributed by atoms with Gasteiger partial charge in [-0.2, -0.15) is 0 Å². The largest absolute Gasteiger partial charge is 0.494 e. The van der Waals surface area contributed by atoms with E-state index in [0.29, 0.717) is 23.5 Å². The quantitative estimate of drug-likeness (QED) is 0.427. The van der Waals surface area contributed by atoms with Crippen molar-refractivity contribution in [1.82, 2.24) is 9.97 Å². The second-order valence-electron chi connectivity index (χ2n) is 6.52. The van der Waals surface area contributed by atoms with Gasteiger partial charge in [0, 0.05) is 42.1 Å². The molecule has 0 aliphatic carbocycles. The lowest BCUT2D eigenvalue weighted by Gasteiger charge is -2.08. The minimum absolute atomic E-state index is 0.0447. The van der Waals surface area contributed by atoms with E-state index in [1.54, 1.807) is 30.7 Å². The third-order valence-electron chi connectivity index (χ3n) is 4.55. The molecule has 3 N–H and O–H groups in total. The van der Waals surface area contributed by atoms with Gasteiger partial charge in [-0.25, -0.2) is 4.39 Å². The molecule has 28 heavy (non-hydrogen) atoms. The average Bonchev–Trinajstić information content (AvgIpc) is 3.03. The summed E-state index contributed by atoms with van der Waals surface area (Å²) in [5.41, 5.74) is 4.28. The van der Waals surface area contributed by atoms with Gasteiger partial charge in [-0.05, 0) is 42.3 Å². The molecule has 6 heteroatoms. The highest BCUT2D eigenvalue weighted by Gasteiger charge is 2.11. The van der Waals surface area contributed by atoms with Crippen LogP contribution < -0.4 is 5.32 Å². The fourth-order valence-corrected chi connectivity index (χ4v) is 3.14. The van der Waals surface area contributed by atoms with Crippen molar-refractivity contribution in [3.05, 3.63) is 83.4 Å². The molecule has 0 saturated heterocycles. The Morgan fingerprint density at radius 2 is 2.11 bits per heavy atom. The number of H-pyrrole nitrogens is 1. The molecule has 0 atom stereocenters. The molecule has 0 aliphatic heterocycles. The van der Waals surface area contributed by atoms with E-state index in [0.717, 1.165) is 22.0 Å². The zero-order chi connectivity index (χ0) is 19.5. The van der Waals surface area contributed by atoms with Gasteiger partial charge in [0.1, 0.15) is 5.82 Å². The predicted molar refractivity (Wildman–Crippen MR) is 110 cm³/mol. The summed E-state index contributed by atoms with van der Waals surface area (Å²) in [6, 6.07) is 14.3. The van der Waals surface area contributed by atoms with Crippen LogP contribution in [-0.2, 0) is 6.54 Å². The Labute approximate surface area is 161 Å². The fraction of sp³-hybridized carbons (Fsp3) is 0.0909. The molecular formula is C22H19FN4O. The van der Waals surface area contributed by atoms with Gasteiger partial charge in [0.2, 0.25) is 0 Å². The molecule has 0 amide bonds. The molecule has 5 nitrogen and oxygen atoms in total. The van der Waals surface area contributed by atoms with E-state index in [1.807, 2.05) is 37.3 Å². The molecular weight excluding hydrogens is 355 g/mol. The van der Waals surface area contributed by atoms with Crippen molar-refractivity contribution in [2.75, 3.05) is 5.32 Å². The summed E-state index contributed by atoms with van der Waals surface area (Å²) in [4.78, 5) is 11.3. The van der Waals surface area contributed by atoms with Gasteiger partial charge in [-0.3, -0.25) is 9.98 Å². The number of aromatic hydroxyl groups is 1. The number of hydrogen-bond donors (Lipinski definition) is 3. The van der Waals surface area contributed by atoms with Crippen LogP contribution in [0.4, 0.5) is 15.8 Å². The Morgan fingerprint density at radius 1 is 1.21 bits per heavy atom. The number of halogens is 1. The van der Waals surface area contributed by atoms with Crippen molar-refractivity contribution in [1.29, 1.82) is 0 Å². The van der Waals surface area contributed by atoms with Crippen molar-refractivity contribution in [3.63, 3.8) is 0 Å². The van der Waals surface area contributed by atoms with Crippen molar-refractivity contribution in [3.8, 4) is 5.88 Å². The zero-order valence-corrected chi connectivity index (χ0v) is 15.3. The van der Waals surface area contributed by atoms with Crippen molar-refractivity contribution in [2.24, 2.45) is 4.99 Å². The summed E-state index contributed by atoms with van der Waals surface area (Å²) in [6.45, 7) is 2.45. The smallest absolute Gasteiger partial charge is 0.198 e. The van der Waals surface area contributed by atoms with Crippen LogP contribution in [-0.4, -0.2) is 21.3 Å². The lowest BCUT2D eigenvalue weighted by atomic mass is 10.1. The van der Waals surface area contributed by atoms with Crippen LogP contribution in [0.15, 0.2) is 65.9 Å². The highest BCUT2D eigenvalue weighted by atomic mass is 19.1. The van der Waals surface area contributed by atoms with E-state index in [2.05, 4.69) is 20.3 Å². The van der Waals surface area contributed by atoms with E-state index >= 15 is 0 Å². The van der Waals surface area contributed by atoms with Gasteiger partial charge in [0.05, 0.1) is 16.9 Å². The lowest BCUT2D eigenvalue weighted by Crippen LogP contribution is -2.01. The molecule has 0 unspecified atom stereocenters. The first-order valence-electron chi connectivity index (χ1n) is 8.88. The van der Waals surface area contributed by atoms with Crippen molar-refractivity contribution < 1.29 is 9.50 Å². The van der Waals surface area contributed by atoms with Gasteiger partial charge in [0.25, 0.3) is 0 Å². The van der Waals surface area contributed by atoms with Crippen LogP contribution in [0.3, 0.4) is 0 Å². The standard InChI is InChI=1S/C22H19FN4O/c1-14-4-2-6-20-21(14)17(22(28)27-20)13-25-16-7-8-19(18(23)10-16)26-12-15-5-3-9-24-11-15/h2-11,13,26-28H,12H2,1H3. The minimum atomic E-state index is -0.391. The van der Waals surface area contributed by atoms with Crippen LogP contribution in [0, 0.1) is 12.7 Å². The van der Waals surface area contributed by atoms with Crippen LogP contribution in [0.1, 0.15) is 16.7 Å². The number of benzene rings is 2. The number of fused-ring (bicyclic) bond motifs is 1. The third-order valence-corrected chi connectivity index (χ3v) is 4.55. The number of aromatic amines is 1. The summed E-state index contributed by atoms with van der Waals surface area (Å²) < 4.78 is 14.4. The maximum atomic E-state index is 14.4. The summed E-state index contributed by atoms with van der Waals surface area (Å²) in [6.07, 6.45) is 4.99. The molecule has 2 heterocycles. The Bertz CT molecular complexity index is 1150. The van der Waals surface area contributed by atoms with Crippen molar-refractivity contribution >= 4 is 28.5 Å². The van der Waals surface area contributed by atoms with Crippen LogP contribution in [0.5, 0.6) is 5.88 Å².